The van der Waals surface area contributed by atoms with Gasteiger partial charge in [-0.2, -0.15) is 0 Å². The fourth-order valence-electron chi connectivity index (χ4n) is 5.69. The maximum absolute atomic E-state index is 14.6. The molecular formula is C39H34F2N2O4. The van der Waals surface area contributed by atoms with Crippen LogP contribution in [0.15, 0.2) is 132 Å². The van der Waals surface area contributed by atoms with Crippen molar-refractivity contribution in [3.63, 3.8) is 0 Å². The summed E-state index contributed by atoms with van der Waals surface area (Å²) in [4.78, 5) is 19.4. The molecule has 47 heavy (non-hydrogen) atoms. The molecule has 2 N–H and O–H groups in total. The summed E-state index contributed by atoms with van der Waals surface area (Å²) in [6.45, 7) is 0.0428. The molecule has 1 heterocycles. The summed E-state index contributed by atoms with van der Waals surface area (Å²) in [6, 6.07) is 38.0. The molecule has 0 radical (unpaired) electrons. The summed E-state index contributed by atoms with van der Waals surface area (Å²) < 4.78 is 41.5. The molecule has 1 aliphatic heterocycles. The first kappa shape index (κ1) is 31.6. The van der Waals surface area contributed by atoms with E-state index in [2.05, 4.69) is 5.32 Å². The van der Waals surface area contributed by atoms with Crippen molar-refractivity contribution in [1.82, 2.24) is 5.32 Å². The van der Waals surface area contributed by atoms with E-state index in [0.29, 0.717) is 24.3 Å². The monoisotopic (exact) mass is 632 g/mol. The van der Waals surface area contributed by atoms with Gasteiger partial charge >= 0.3 is 0 Å². The SMILES string of the molecule is O=C(NCc1c(F)cccc1F)[C@]1(Cc2ccccc2)N=C(c2ccc(OCCCO)cc2)O[C@@H]1c1ccc(-c2ccccc2)cc1. The molecule has 1 aliphatic rings. The second-order valence-electron chi connectivity index (χ2n) is 11.3. The van der Waals surface area contributed by atoms with Crippen LogP contribution in [0.1, 0.15) is 34.8 Å². The molecule has 0 fully saturated rings. The minimum atomic E-state index is -1.52. The number of nitrogens with one attached hydrogen (secondary N) is 1. The first-order valence-corrected chi connectivity index (χ1v) is 15.5. The van der Waals surface area contributed by atoms with E-state index in [9.17, 15) is 13.6 Å². The number of benzene rings is 5. The van der Waals surface area contributed by atoms with Crippen molar-refractivity contribution in [1.29, 1.82) is 0 Å². The molecule has 8 heteroatoms. The number of carbonyl (C=O) groups is 1. The zero-order chi connectivity index (χ0) is 32.6. The quantitative estimate of drug-likeness (QED) is 0.143. The number of hydrogen-bond donors (Lipinski definition) is 2. The average molecular weight is 633 g/mol. The number of carbonyl (C=O) groups excluding carboxylic acids is 1. The third kappa shape index (κ3) is 7.08. The van der Waals surface area contributed by atoms with Gasteiger partial charge in [-0.3, -0.25) is 4.79 Å². The van der Waals surface area contributed by atoms with Crippen molar-refractivity contribution in [2.75, 3.05) is 13.2 Å². The summed E-state index contributed by atoms with van der Waals surface area (Å²) in [5, 5.41) is 11.9. The second-order valence-corrected chi connectivity index (χ2v) is 11.3. The van der Waals surface area contributed by atoms with Gasteiger partial charge in [-0.15, -0.1) is 0 Å². The third-order valence-electron chi connectivity index (χ3n) is 8.15. The van der Waals surface area contributed by atoms with Crippen LogP contribution in [0.3, 0.4) is 0 Å². The van der Waals surface area contributed by atoms with Crippen molar-refractivity contribution < 1.29 is 28.2 Å². The van der Waals surface area contributed by atoms with Crippen LogP contribution in [0.4, 0.5) is 8.78 Å². The van der Waals surface area contributed by atoms with E-state index in [1.54, 1.807) is 24.3 Å². The Kier molecular flexibility index (Phi) is 9.69. The minimum Gasteiger partial charge on any atom is -0.494 e. The molecule has 5 aromatic rings. The van der Waals surface area contributed by atoms with Crippen LogP contribution in [-0.4, -0.2) is 35.7 Å². The Balaban J connectivity index is 1.40. The molecule has 0 spiro atoms. The van der Waals surface area contributed by atoms with Gasteiger partial charge in [0.25, 0.3) is 5.91 Å². The maximum atomic E-state index is 14.6. The predicted molar refractivity (Wildman–Crippen MR) is 177 cm³/mol. The average Bonchev–Trinajstić information content (AvgIpc) is 3.49. The molecule has 2 atom stereocenters. The van der Waals surface area contributed by atoms with Crippen LogP contribution >= 0.6 is 0 Å². The predicted octanol–water partition coefficient (Wildman–Crippen LogP) is 7.21. The highest BCUT2D eigenvalue weighted by Crippen LogP contribution is 2.43. The third-order valence-corrected chi connectivity index (χ3v) is 8.15. The molecular weight excluding hydrogens is 598 g/mol. The van der Waals surface area contributed by atoms with Gasteiger partial charge in [-0.25, -0.2) is 13.8 Å². The highest BCUT2D eigenvalue weighted by atomic mass is 19.1. The van der Waals surface area contributed by atoms with Gasteiger partial charge in [-0.05, 0) is 58.7 Å². The van der Waals surface area contributed by atoms with Crippen molar-refractivity contribution in [3.8, 4) is 16.9 Å². The van der Waals surface area contributed by atoms with Crippen LogP contribution < -0.4 is 10.1 Å². The molecule has 0 bridgehead atoms. The minimum absolute atomic E-state index is 0.0333. The lowest BCUT2D eigenvalue weighted by atomic mass is 9.81. The van der Waals surface area contributed by atoms with Gasteiger partial charge < -0.3 is 19.9 Å². The van der Waals surface area contributed by atoms with Gasteiger partial charge in [0.15, 0.2) is 11.6 Å². The van der Waals surface area contributed by atoms with Crippen molar-refractivity contribution in [3.05, 3.63) is 161 Å². The molecule has 1 amide bonds. The fraction of sp³-hybridized carbons (Fsp3) is 0.179. The molecule has 0 saturated carbocycles. The maximum Gasteiger partial charge on any atom is 0.252 e. The van der Waals surface area contributed by atoms with E-state index < -0.39 is 29.2 Å². The van der Waals surface area contributed by atoms with Gasteiger partial charge in [-0.1, -0.05) is 91.0 Å². The Morgan fingerprint density at radius 1 is 0.787 bits per heavy atom. The largest absolute Gasteiger partial charge is 0.494 e. The van der Waals surface area contributed by atoms with Crippen LogP contribution in [0.25, 0.3) is 11.1 Å². The fourth-order valence-corrected chi connectivity index (χ4v) is 5.69. The Labute approximate surface area is 272 Å². The highest BCUT2D eigenvalue weighted by Gasteiger charge is 2.53. The van der Waals surface area contributed by atoms with E-state index in [1.807, 2.05) is 84.9 Å². The molecule has 6 rings (SSSR count). The number of aliphatic hydroxyl groups excluding tert-OH is 1. The first-order chi connectivity index (χ1) is 23.0. The Hall–Kier alpha value is -5.34. The number of aliphatic hydroxyl groups is 1. The lowest BCUT2D eigenvalue weighted by Crippen LogP contribution is -2.49. The molecule has 238 valence electrons. The van der Waals surface area contributed by atoms with Crippen molar-refractivity contribution >= 4 is 11.8 Å². The standard InChI is InChI=1S/C39H34F2N2O4/c40-34-13-7-14-35(41)33(34)26-42-38(45)39(25-27-9-3-1-4-10-27)36(30-17-15-29(16-18-30)28-11-5-2-6-12-28)47-37(43-39)31-19-21-32(22-20-31)46-24-8-23-44/h1-7,9-22,36,44H,8,23-26H2,(H,42,45)/t36-,39-/m1/s1. The number of aliphatic imine (C=N–C) groups is 1. The smallest absolute Gasteiger partial charge is 0.252 e. The molecule has 0 aromatic heterocycles. The van der Waals surface area contributed by atoms with Gasteiger partial charge in [0, 0.05) is 37.1 Å². The summed E-state index contributed by atoms with van der Waals surface area (Å²) in [5.41, 5.74) is 2.47. The zero-order valence-electron chi connectivity index (χ0n) is 25.6. The molecule has 5 aromatic carbocycles. The summed E-state index contributed by atoms with van der Waals surface area (Å²) in [5.74, 6) is -1.14. The Morgan fingerprint density at radius 2 is 1.40 bits per heavy atom. The van der Waals surface area contributed by atoms with Crippen LogP contribution in [-0.2, 0) is 22.5 Å². The highest BCUT2D eigenvalue weighted by molar-refractivity contribution is 6.01. The normalized spacial score (nSPS) is 17.1. The summed E-state index contributed by atoms with van der Waals surface area (Å²) in [7, 11) is 0. The topological polar surface area (TPSA) is 80.2 Å². The molecule has 0 aliphatic carbocycles. The van der Waals surface area contributed by atoms with Crippen LogP contribution in [0.5, 0.6) is 5.75 Å². The first-order valence-electron chi connectivity index (χ1n) is 15.5. The Bertz CT molecular complexity index is 1810. The number of rotatable bonds is 12. The summed E-state index contributed by atoms with van der Waals surface area (Å²) in [6.07, 6.45) is -0.194. The van der Waals surface area contributed by atoms with E-state index in [0.717, 1.165) is 34.4 Å². The van der Waals surface area contributed by atoms with E-state index in [4.69, 9.17) is 19.6 Å². The lowest BCUT2D eigenvalue weighted by Gasteiger charge is -2.31. The molecule has 0 saturated heterocycles. The van der Waals surface area contributed by atoms with E-state index >= 15 is 0 Å². The number of halogens is 2. The van der Waals surface area contributed by atoms with Gasteiger partial charge in [0.05, 0.1) is 6.61 Å². The van der Waals surface area contributed by atoms with Gasteiger partial charge in [0.1, 0.15) is 17.4 Å². The number of amides is 1. The number of ether oxygens (including phenoxy) is 2. The van der Waals surface area contributed by atoms with E-state index in [-0.39, 0.29) is 31.0 Å². The Morgan fingerprint density at radius 3 is 2.06 bits per heavy atom. The lowest BCUT2D eigenvalue weighted by molar-refractivity contribution is -0.129. The van der Waals surface area contributed by atoms with E-state index in [1.165, 1.54) is 6.07 Å². The molecule has 6 nitrogen and oxygen atoms in total. The second kappa shape index (κ2) is 14.4. The van der Waals surface area contributed by atoms with Crippen LogP contribution in [0, 0.1) is 11.6 Å². The number of hydrogen-bond acceptors (Lipinski definition) is 5. The number of nitrogens with zero attached hydrogens (tertiary/aromatic N) is 1. The van der Waals surface area contributed by atoms with Crippen LogP contribution in [0.2, 0.25) is 0 Å². The van der Waals surface area contributed by atoms with Crippen molar-refractivity contribution in [2.24, 2.45) is 4.99 Å². The molecule has 0 unspecified atom stereocenters. The summed E-state index contributed by atoms with van der Waals surface area (Å²) >= 11 is 0. The van der Waals surface area contributed by atoms with Crippen molar-refractivity contribution in [2.45, 2.75) is 31.0 Å². The van der Waals surface area contributed by atoms with Gasteiger partial charge in [0.2, 0.25) is 5.90 Å². The zero-order valence-corrected chi connectivity index (χ0v) is 25.6.